The maximum absolute atomic E-state index is 11.2. The fourth-order valence-corrected chi connectivity index (χ4v) is 1.20. The lowest BCUT2D eigenvalue weighted by molar-refractivity contribution is -0.153. The van der Waals surface area contributed by atoms with Crippen LogP contribution >= 0.6 is 0 Å². The van der Waals surface area contributed by atoms with Crippen molar-refractivity contribution in [1.82, 2.24) is 5.32 Å². The standard InChI is InChI=1S/C10H19NO2/c1-7-5-8(7)11-6-9(12)13-10(2,3)4/h7-8,11H,5-6H2,1-4H3. The number of carbonyl (C=O) groups is 1. The second-order valence-corrected chi connectivity index (χ2v) is 4.79. The number of ether oxygens (including phenoxy) is 1. The molecule has 1 aliphatic carbocycles. The van der Waals surface area contributed by atoms with Crippen molar-refractivity contribution >= 4 is 5.97 Å². The van der Waals surface area contributed by atoms with E-state index in [-0.39, 0.29) is 11.6 Å². The van der Waals surface area contributed by atoms with Crippen LogP contribution in [-0.2, 0) is 9.53 Å². The molecular formula is C10H19NO2. The van der Waals surface area contributed by atoms with Crippen molar-refractivity contribution in [3.63, 3.8) is 0 Å². The molecule has 1 N–H and O–H groups in total. The summed E-state index contributed by atoms with van der Waals surface area (Å²) in [5, 5.41) is 3.15. The normalized spacial score (nSPS) is 27.1. The van der Waals surface area contributed by atoms with Crippen LogP contribution in [0, 0.1) is 5.92 Å². The van der Waals surface area contributed by atoms with Gasteiger partial charge in [0, 0.05) is 6.04 Å². The summed E-state index contributed by atoms with van der Waals surface area (Å²) < 4.78 is 5.15. The lowest BCUT2D eigenvalue weighted by Gasteiger charge is -2.19. The first-order valence-electron chi connectivity index (χ1n) is 4.84. The molecule has 0 amide bonds. The topological polar surface area (TPSA) is 38.3 Å². The highest BCUT2D eigenvalue weighted by atomic mass is 16.6. The fraction of sp³-hybridized carbons (Fsp3) is 0.900. The van der Waals surface area contributed by atoms with Gasteiger partial charge in [0.15, 0.2) is 0 Å². The lowest BCUT2D eigenvalue weighted by atomic mass is 10.2. The minimum Gasteiger partial charge on any atom is -0.459 e. The van der Waals surface area contributed by atoms with Gasteiger partial charge in [0.1, 0.15) is 5.60 Å². The molecule has 3 nitrogen and oxygen atoms in total. The van der Waals surface area contributed by atoms with E-state index in [4.69, 9.17) is 4.74 Å². The van der Waals surface area contributed by atoms with Crippen molar-refractivity contribution in [3.8, 4) is 0 Å². The van der Waals surface area contributed by atoms with Gasteiger partial charge in [0.05, 0.1) is 6.54 Å². The number of carbonyl (C=O) groups excluding carboxylic acids is 1. The quantitative estimate of drug-likeness (QED) is 0.674. The van der Waals surface area contributed by atoms with Crippen LogP contribution in [0.3, 0.4) is 0 Å². The smallest absolute Gasteiger partial charge is 0.320 e. The Morgan fingerprint density at radius 3 is 2.46 bits per heavy atom. The Morgan fingerprint density at radius 1 is 1.54 bits per heavy atom. The van der Waals surface area contributed by atoms with Gasteiger partial charge in [0.25, 0.3) is 0 Å². The third-order valence-electron chi connectivity index (χ3n) is 2.04. The van der Waals surface area contributed by atoms with E-state index in [2.05, 4.69) is 12.2 Å². The highest BCUT2D eigenvalue weighted by molar-refractivity contribution is 5.72. The van der Waals surface area contributed by atoms with Crippen molar-refractivity contribution in [1.29, 1.82) is 0 Å². The van der Waals surface area contributed by atoms with Gasteiger partial charge < -0.3 is 10.1 Å². The van der Waals surface area contributed by atoms with Crippen LogP contribution in [0.4, 0.5) is 0 Å². The molecule has 3 heteroatoms. The zero-order valence-corrected chi connectivity index (χ0v) is 8.89. The summed E-state index contributed by atoms with van der Waals surface area (Å²) >= 11 is 0. The van der Waals surface area contributed by atoms with Crippen LogP contribution in [0.1, 0.15) is 34.1 Å². The number of nitrogens with one attached hydrogen (secondary N) is 1. The third-order valence-corrected chi connectivity index (χ3v) is 2.04. The van der Waals surface area contributed by atoms with E-state index in [0.29, 0.717) is 12.6 Å². The molecule has 13 heavy (non-hydrogen) atoms. The highest BCUT2D eigenvalue weighted by Gasteiger charge is 2.32. The van der Waals surface area contributed by atoms with Crippen LogP contribution < -0.4 is 5.32 Å². The summed E-state index contributed by atoms with van der Waals surface area (Å²) in [6, 6.07) is 0.535. The highest BCUT2D eigenvalue weighted by Crippen LogP contribution is 2.28. The Hall–Kier alpha value is -0.570. The average Bonchev–Trinajstić information content (AvgIpc) is 2.58. The molecule has 2 unspecified atom stereocenters. The SMILES string of the molecule is CC1CC1NCC(=O)OC(C)(C)C. The van der Waals surface area contributed by atoms with E-state index >= 15 is 0 Å². The van der Waals surface area contributed by atoms with Crippen LogP contribution in [-0.4, -0.2) is 24.2 Å². The van der Waals surface area contributed by atoms with Gasteiger partial charge in [-0.3, -0.25) is 4.79 Å². The second kappa shape index (κ2) is 3.66. The molecule has 0 radical (unpaired) electrons. The predicted molar refractivity (Wildman–Crippen MR) is 51.4 cm³/mol. The molecular weight excluding hydrogens is 166 g/mol. The number of hydrogen-bond acceptors (Lipinski definition) is 3. The third kappa shape index (κ3) is 4.27. The zero-order valence-electron chi connectivity index (χ0n) is 8.89. The number of esters is 1. The van der Waals surface area contributed by atoms with Gasteiger partial charge >= 0.3 is 5.97 Å². The molecule has 1 rings (SSSR count). The summed E-state index contributed by atoms with van der Waals surface area (Å²) in [5.41, 5.74) is -0.367. The second-order valence-electron chi connectivity index (χ2n) is 4.79. The van der Waals surface area contributed by atoms with Crippen LogP contribution in [0.2, 0.25) is 0 Å². The molecule has 1 aliphatic rings. The Bertz CT molecular complexity index is 196. The molecule has 0 aromatic heterocycles. The van der Waals surface area contributed by atoms with Crippen molar-refractivity contribution in [2.24, 2.45) is 5.92 Å². The molecule has 0 aliphatic heterocycles. The Balaban J connectivity index is 2.11. The molecule has 0 aromatic carbocycles. The summed E-state index contributed by atoms with van der Waals surface area (Å²) in [5.74, 6) is 0.564. The van der Waals surface area contributed by atoms with Crippen LogP contribution in [0.15, 0.2) is 0 Å². The van der Waals surface area contributed by atoms with E-state index < -0.39 is 0 Å². The minimum atomic E-state index is -0.367. The van der Waals surface area contributed by atoms with E-state index in [1.54, 1.807) is 0 Å². The minimum absolute atomic E-state index is 0.161. The average molecular weight is 185 g/mol. The molecule has 0 saturated heterocycles. The van der Waals surface area contributed by atoms with Gasteiger partial charge in [0.2, 0.25) is 0 Å². The largest absolute Gasteiger partial charge is 0.459 e. The van der Waals surface area contributed by atoms with Crippen molar-refractivity contribution < 1.29 is 9.53 Å². The van der Waals surface area contributed by atoms with Crippen molar-refractivity contribution in [3.05, 3.63) is 0 Å². The summed E-state index contributed by atoms with van der Waals surface area (Å²) in [6.45, 7) is 8.15. The molecule has 0 bridgehead atoms. The number of hydrogen-bond donors (Lipinski definition) is 1. The number of rotatable bonds is 3. The maximum Gasteiger partial charge on any atom is 0.320 e. The molecule has 0 spiro atoms. The first-order chi connectivity index (χ1) is 5.88. The first kappa shape index (κ1) is 10.5. The maximum atomic E-state index is 11.2. The van der Waals surface area contributed by atoms with Crippen molar-refractivity contribution in [2.45, 2.75) is 45.8 Å². The fourth-order valence-electron chi connectivity index (χ4n) is 1.20. The lowest BCUT2D eigenvalue weighted by Crippen LogP contribution is -2.32. The Morgan fingerprint density at radius 2 is 2.08 bits per heavy atom. The monoisotopic (exact) mass is 185 g/mol. The molecule has 1 fully saturated rings. The van der Waals surface area contributed by atoms with Crippen LogP contribution in [0.25, 0.3) is 0 Å². The Kier molecular flexibility index (Phi) is 2.96. The molecule has 76 valence electrons. The van der Waals surface area contributed by atoms with Crippen molar-refractivity contribution in [2.75, 3.05) is 6.54 Å². The van der Waals surface area contributed by atoms with Gasteiger partial charge in [-0.2, -0.15) is 0 Å². The van der Waals surface area contributed by atoms with Crippen LogP contribution in [0.5, 0.6) is 0 Å². The van der Waals surface area contributed by atoms with Gasteiger partial charge in [-0.1, -0.05) is 6.92 Å². The van der Waals surface area contributed by atoms with E-state index in [1.165, 1.54) is 6.42 Å². The Labute approximate surface area is 79.8 Å². The first-order valence-corrected chi connectivity index (χ1v) is 4.84. The van der Waals surface area contributed by atoms with E-state index in [9.17, 15) is 4.79 Å². The summed E-state index contributed by atoms with van der Waals surface area (Å²) in [7, 11) is 0. The van der Waals surface area contributed by atoms with Gasteiger partial charge in [-0.25, -0.2) is 0 Å². The molecule has 1 saturated carbocycles. The van der Waals surface area contributed by atoms with E-state index in [0.717, 1.165) is 5.92 Å². The van der Waals surface area contributed by atoms with E-state index in [1.807, 2.05) is 20.8 Å². The zero-order chi connectivity index (χ0) is 10.1. The van der Waals surface area contributed by atoms with Gasteiger partial charge in [-0.05, 0) is 33.1 Å². The molecule has 2 atom stereocenters. The summed E-state index contributed by atoms with van der Waals surface area (Å²) in [6.07, 6.45) is 1.18. The predicted octanol–water partition coefficient (Wildman–Crippen LogP) is 1.33. The molecule has 0 heterocycles. The summed E-state index contributed by atoms with van der Waals surface area (Å²) in [4.78, 5) is 11.2. The molecule has 0 aromatic rings. The van der Waals surface area contributed by atoms with Gasteiger partial charge in [-0.15, -0.1) is 0 Å².